The molecule has 0 radical (unpaired) electrons. The van der Waals surface area contributed by atoms with Crippen LogP contribution in [0.3, 0.4) is 0 Å². The number of carbonyl (C=O) groups excluding carboxylic acids is 3. The van der Waals surface area contributed by atoms with E-state index in [2.05, 4.69) is 15.6 Å². The summed E-state index contributed by atoms with van der Waals surface area (Å²) in [5.41, 5.74) is 9.55. The number of carbonyl (C=O) groups is 3. The van der Waals surface area contributed by atoms with E-state index in [9.17, 15) is 14.4 Å². The molecule has 0 spiro atoms. The van der Waals surface area contributed by atoms with Gasteiger partial charge in [0.25, 0.3) is 5.91 Å². The molecule has 8 nitrogen and oxygen atoms in total. The average molecular weight is 512 g/mol. The molecule has 3 aromatic rings. The number of hydrogen-bond acceptors (Lipinski definition) is 4. The highest BCUT2D eigenvalue weighted by atomic mass is 35.5. The van der Waals surface area contributed by atoms with Crippen molar-refractivity contribution < 1.29 is 14.4 Å². The zero-order valence-corrected chi connectivity index (χ0v) is 21.7. The van der Waals surface area contributed by atoms with Crippen LogP contribution < -0.4 is 16.4 Å². The second-order valence-corrected chi connectivity index (χ2v) is 9.66. The Bertz CT molecular complexity index is 1260. The van der Waals surface area contributed by atoms with Gasteiger partial charge in [-0.15, -0.1) is 12.4 Å². The summed E-state index contributed by atoms with van der Waals surface area (Å²) in [6.07, 6.45) is 2.88. The summed E-state index contributed by atoms with van der Waals surface area (Å²) < 4.78 is 0. The number of amides is 3. The highest BCUT2D eigenvalue weighted by Crippen LogP contribution is 2.24. The molecule has 1 aromatic heterocycles. The minimum Gasteiger partial charge on any atom is -0.361 e. The molecule has 4 rings (SSSR count). The smallest absolute Gasteiger partial charge is 0.251 e. The summed E-state index contributed by atoms with van der Waals surface area (Å²) in [6.45, 7) is 6.64. The van der Waals surface area contributed by atoms with Gasteiger partial charge in [0.05, 0.1) is 5.54 Å². The number of nitrogens with two attached hydrogens (primary N) is 1. The summed E-state index contributed by atoms with van der Waals surface area (Å²) in [7, 11) is 0. The minimum absolute atomic E-state index is 0. The van der Waals surface area contributed by atoms with E-state index >= 15 is 0 Å². The quantitative estimate of drug-likeness (QED) is 0.389. The zero-order chi connectivity index (χ0) is 25.2. The number of rotatable bonds is 7. The molecule has 1 aliphatic heterocycles. The number of halogens is 1. The molecular weight excluding hydrogens is 478 g/mol. The van der Waals surface area contributed by atoms with Gasteiger partial charge in [-0.3, -0.25) is 14.4 Å². The van der Waals surface area contributed by atoms with Gasteiger partial charge < -0.3 is 26.3 Å². The van der Waals surface area contributed by atoms with Gasteiger partial charge >= 0.3 is 0 Å². The van der Waals surface area contributed by atoms with Crippen LogP contribution in [-0.4, -0.2) is 52.3 Å². The highest BCUT2D eigenvalue weighted by Gasteiger charge is 2.32. The Morgan fingerprint density at radius 2 is 1.89 bits per heavy atom. The van der Waals surface area contributed by atoms with Gasteiger partial charge in [-0.25, -0.2) is 0 Å². The lowest BCUT2D eigenvalue weighted by molar-refractivity contribution is -0.138. The second kappa shape index (κ2) is 11.1. The summed E-state index contributed by atoms with van der Waals surface area (Å²) in [5, 5.41) is 6.74. The number of aromatic nitrogens is 1. The molecule has 0 saturated heterocycles. The number of fused-ring (bicyclic) bond motifs is 2. The molecule has 2 aromatic carbocycles. The fourth-order valence-corrected chi connectivity index (χ4v) is 4.43. The zero-order valence-electron chi connectivity index (χ0n) is 20.9. The van der Waals surface area contributed by atoms with Gasteiger partial charge in [0.2, 0.25) is 11.8 Å². The van der Waals surface area contributed by atoms with Crippen LogP contribution in [0.25, 0.3) is 10.9 Å². The number of H-pyrrole nitrogens is 1. The number of nitrogens with zero attached hydrogens (tertiary/aromatic N) is 1. The van der Waals surface area contributed by atoms with Crippen LogP contribution in [0.2, 0.25) is 0 Å². The van der Waals surface area contributed by atoms with Gasteiger partial charge in [0, 0.05) is 48.7 Å². The van der Waals surface area contributed by atoms with Crippen LogP contribution in [0.5, 0.6) is 0 Å². The molecule has 0 aliphatic carbocycles. The van der Waals surface area contributed by atoms with E-state index < -0.39 is 11.6 Å². The number of para-hydroxylation sites is 1. The van der Waals surface area contributed by atoms with E-state index in [4.69, 9.17) is 5.73 Å². The largest absolute Gasteiger partial charge is 0.361 e. The monoisotopic (exact) mass is 511 g/mol. The van der Waals surface area contributed by atoms with Crippen molar-refractivity contribution in [3.8, 4) is 0 Å². The van der Waals surface area contributed by atoms with Crippen molar-refractivity contribution in [2.75, 3.05) is 13.1 Å². The highest BCUT2D eigenvalue weighted by molar-refractivity contribution is 5.95. The molecule has 5 N–H and O–H groups in total. The predicted molar refractivity (Wildman–Crippen MR) is 143 cm³/mol. The van der Waals surface area contributed by atoms with Crippen LogP contribution >= 0.6 is 12.4 Å². The standard InChI is InChI=1S/C27H33N5O3.ClH/c1-4-29-24(33)18-9-10-19-16-32(12-11-17(19)13-18)25(34)23(31-26(35)27(2,3)28)14-20-15-30-22-8-6-5-7-21(20)22;/h5-10,13,15,23,30H,4,11-12,14,16,28H2,1-3H3,(H,29,33)(H,31,35);1H. The minimum atomic E-state index is -1.11. The molecule has 36 heavy (non-hydrogen) atoms. The molecule has 1 aliphatic rings. The molecule has 9 heteroatoms. The Morgan fingerprint density at radius 1 is 1.14 bits per heavy atom. The number of nitrogens with one attached hydrogen (secondary N) is 3. The molecular formula is C27H34ClN5O3. The van der Waals surface area contributed by atoms with Crippen molar-refractivity contribution in [2.45, 2.75) is 51.7 Å². The van der Waals surface area contributed by atoms with E-state index in [1.165, 1.54) is 0 Å². The molecule has 0 saturated carbocycles. The Hall–Kier alpha value is -3.36. The fourth-order valence-electron chi connectivity index (χ4n) is 4.43. The summed E-state index contributed by atoms with van der Waals surface area (Å²) in [4.78, 5) is 43.6. The molecule has 192 valence electrons. The molecule has 1 atom stereocenters. The Labute approximate surface area is 217 Å². The maximum Gasteiger partial charge on any atom is 0.251 e. The maximum absolute atomic E-state index is 13.7. The summed E-state index contributed by atoms with van der Waals surface area (Å²) in [5.74, 6) is -0.620. The summed E-state index contributed by atoms with van der Waals surface area (Å²) >= 11 is 0. The van der Waals surface area contributed by atoms with Crippen molar-refractivity contribution in [3.63, 3.8) is 0 Å². The first-order valence-corrected chi connectivity index (χ1v) is 12.0. The van der Waals surface area contributed by atoms with Gasteiger partial charge in [0.15, 0.2) is 0 Å². The van der Waals surface area contributed by atoms with Crippen LogP contribution in [0.15, 0.2) is 48.7 Å². The Morgan fingerprint density at radius 3 is 2.61 bits per heavy atom. The predicted octanol–water partition coefficient (Wildman–Crippen LogP) is 2.69. The first-order chi connectivity index (χ1) is 16.7. The lowest BCUT2D eigenvalue weighted by Gasteiger charge is -2.33. The first kappa shape index (κ1) is 27.2. The molecule has 0 bridgehead atoms. The lowest BCUT2D eigenvalue weighted by Crippen LogP contribution is -2.57. The normalized spacial score (nSPS) is 13.9. The third-order valence-corrected chi connectivity index (χ3v) is 6.42. The number of benzene rings is 2. The van der Waals surface area contributed by atoms with Gasteiger partial charge in [0.1, 0.15) is 6.04 Å². The van der Waals surface area contributed by atoms with Crippen molar-refractivity contribution in [3.05, 3.63) is 70.9 Å². The van der Waals surface area contributed by atoms with E-state index in [0.29, 0.717) is 38.0 Å². The third-order valence-electron chi connectivity index (χ3n) is 6.42. The number of hydrogen-bond donors (Lipinski definition) is 4. The van der Waals surface area contributed by atoms with Crippen molar-refractivity contribution >= 4 is 41.0 Å². The fraction of sp³-hybridized carbons (Fsp3) is 0.370. The Balaban J connectivity index is 0.00000361. The number of aromatic amines is 1. The van der Waals surface area contributed by atoms with Crippen LogP contribution in [-0.2, 0) is 29.0 Å². The third kappa shape index (κ3) is 5.88. The topological polar surface area (TPSA) is 120 Å². The lowest BCUT2D eigenvalue weighted by atomic mass is 9.95. The van der Waals surface area contributed by atoms with Crippen molar-refractivity contribution in [1.29, 1.82) is 0 Å². The van der Waals surface area contributed by atoms with E-state index in [1.54, 1.807) is 24.8 Å². The van der Waals surface area contributed by atoms with Crippen LogP contribution in [0, 0.1) is 0 Å². The van der Waals surface area contributed by atoms with Gasteiger partial charge in [-0.2, -0.15) is 0 Å². The molecule has 2 heterocycles. The van der Waals surface area contributed by atoms with E-state index in [0.717, 1.165) is 27.6 Å². The molecule has 0 fully saturated rings. The van der Waals surface area contributed by atoms with Gasteiger partial charge in [-0.1, -0.05) is 24.3 Å². The van der Waals surface area contributed by atoms with Crippen molar-refractivity contribution in [1.82, 2.24) is 20.5 Å². The SMILES string of the molecule is CCNC(=O)c1ccc2c(c1)CCN(C(=O)C(Cc1c[nH]c3ccccc13)NC(=O)C(C)(C)N)C2.Cl. The van der Waals surface area contributed by atoms with E-state index in [-0.39, 0.29) is 30.1 Å². The van der Waals surface area contributed by atoms with Crippen LogP contribution in [0.4, 0.5) is 0 Å². The summed E-state index contributed by atoms with van der Waals surface area (Å²) in [6, 6.07) is 12.7. The second-order valence-electron chi connectivity index (χ2n) is 9.66. The maximum atomic E-state index is 13.7. The molecule has 3 amide bonds. The van der Waals surface area contributed by atoms with Gasteiger partial charge in [-0.05, 0) is 62.1 Å². The Kier molecular flexibility index (Phi) is 8.43. The average Bonchev–Trinajstić information content (AvgIpc) is 3.24. The van der Waals surface area contributed by atoms with Crippen molar-refractivity contribution in [2.24, 2.45) is 5.73 Å². The molecule has 1 unspecified atom stereocenters. The van der Waals surface area contributed by atoms with E-state index in [1.807, 2.05) is 49.5 Å². The van der Waals surface area contributed by atoms with Crippen LogP contribution in [0.1, 0.15) is 47.8 Å². The first-order valence-electron chi connectivity index (χ1n) is 12.0.